The summed E-state index contributed by atoms with van der Waals surface area (Å²) in [6, 6.07) is 12.0. The SMILES string of the molecule is CC(=O)N[C@@H](Cc1ccccc1)C(=O)Sc1cc(Cl)c(Cl)cc1NC(=O)C1(CCC(C)C)CCCCC1. The normalized spacial score (nSPS) is 15.7. The van der Waals surface area contributed by atoms with Gasteiger partial charge in [-0.05, 0) is 61.1 Å². The van der Waals surface area contributed by atoms with E-state index in [2.05, 4.69) is 24.5 Å². The molecule has 1 saturated carbocycles. The fraction of sp³-hybridized carbons (Fsp3) is 0.483. The second-order valence-corrected chi connectivity index (χ2v) is 12.2. The molecule has 200 valence electrons. The highest BCUT2D eigenvalue weighted by Crippen LogP contribution is 2.43. The quantitative estimate of drug-likeness (QED) is 0.291. The lowest BCUT2D eigenvalue weighted by molar-refractivity contribution is -0.128. The summed E-state index contributed by atoms with van der Waals surface area (Å²) in [4.78, 5) is 39.5. The average Bonchev–Trinajstić information content (AvgIpc) is 2.86. The molecule has 0 aliphatic heterocycles. The summed E-state index contributed by atoms with van der Waals surface area (Å²) in [5, 5.41) is 6.21. The van der Waals surface area contributed by atoms with Crippen molar-refractivity contribution in [1.29, 1.82) is 0 Å². The maximum Gasteiger partial charge on any atom is 0.230 e. The Kier molecular flexibility index (Phi) is 10.9. The van der Waals surface area contributed by atoms with Crippen molar-refractivity contribution in [3.8, 4) is 0 Å². The minimum atomic E-state index is -0.737. The van der Waals surface area contributed by atoms with Crippen LogP contribution in [0, 0.1) is 11.3 Å². The molecule has 2 aromatic rings. The highest BCUT2D eigenvalue weighted by Gasteiger charge is 2.39. The van der Waals surface area contributed by atoms with E-state index < -0.39 is 11.5 Å². The van der Waals surface area contributed by atoms with E-state index in [4.69, 9.17) is 23.2 Å². The van der Waals surface area contributed by atoms with Gasteiger partial charge < -0.3 is 10.6 Å². The molecule has 37 heavy (non-hydrogen) atoms. The van der Waals surface area contributed by atoms with Crippen LogP contribution < -0.4 is 10.6 Å². The van der Waals surface area contributed by atoms with E-state index in [1.165, 1.54) is 6.92 Å². The molecule has 0 bridgehead atoms. The molecule has 1 atom stereocenters. The topological polar surface area (TPSA) is 75.3 Å². The van der Waals surface area contributed by atoms with Gasteiger partial charge in [0.15, 0.2) is 0 Å². The molecular formula is C29H36Cl2N2O3S. The number of halogens is 2. The van der Waals surface area contributed by atoms with Gasteiger partial charge in [-0.15, -0.1) is 0 Å². The Morgan fingerprint density at radius 3 is 2.27 bits per heavy atom. The van der Waals surface area contributed by atoms with Gasteiger partial charge in [0.05, 0.1) is 15.7 Å². The van der Waals surface area contributed by atoms with Crippen LogP contribution in [0.25, 0.3) is 0 Å². The summed E-state index contributed by atoms with van der Waals surface area (Å²) in [7, 11) is 0. The predicted molar refractivity (Wildman–Crippen MR) is 153 cm³/mol. The van der Waals surface area contributed by atoms with Crippen LogP contribution in [0.3, 0.4) is 0 Å². The van der Waals surface area contributed by atoms with Crippen molar-refractivity contribution in [2.24, 2.45) is 11.3 Å². The predicted octanol–water partition coefficient (Wildman–Crippen LogP) is 7.68. The summed E-state index contributed by atoms with van der Waals surface area (Å²) in [5.74, 6) is 0.195. The van der Waals surface area contributed by atoms with Gasteiger partial charge >= 0.3 is 0 Å². The van der Waals surface area contributed by atoms with Gasteiger partial charge in [0.25, 0.3) is 0 Å². The molecule has 0 spiro atoms. The number of hydrogen-bond donors (Lipinski definition) is 2. The Hall–Kier alpha value is -2.02. The molecule has 2 aromatic carbocycles. The Morgan fingerprint density at radius 2 is 1.65 bits per heavy atom. The minimum Gasteiger partial charge on any atom is -0.345 e. The molecule has 0 unspecified atom stereocenters. The summed E-state index contributed by atoms with van der Waals surface area (Å²) in [5.41, 5.74) is 0.975. The van der Waals surface area contributed by atoms with E-state index in [-0.39, 0.29) is 16.9 Å². The van der Waals surface area contributed by atoms with Crippen molar-refractivity contribution in [2.45, 2.75) is 83.1 Å². The first kappa shape index (κ1) is 29.5. The lowest BCUT2D eigenvalue weighted by atomic mass is 9.69. The van der Waals surface area contributed by atoms with Crippen LogP contribution in [-0.4, -0.2) is 23.0 Å². The van der Waals surface area contributed by atoms with Gasteiger partial charge in [0.1, 0.15) is 6.04 Å². The first-order valence-corrected chi connectivity index (χ1v) is 14.5. The molecular weight excluding hydrogens is 527 g/mol. The van der Waals surface area contributed by atoms with Crippen molar-refractivity contribution >= 4 is 57.6 Å². The Balaban J connectivity index is 1.85. The maximum absolute atomic E-state index is 13.7. The molecule has 3 rings (SSSR count). The highest BCUT2D eigenvalue weighted by atomic mass is 35.5. The molecule has 0 heterocycles. The maximum atomic E-state index is 13.7. The molecule has 0 aromatic heterocycles. The molecule has 2 N–H and O–H groups in total. The lowest BCUT2D eigenvalue weighted by Gasteiger charge is -2.36. The third-order valence-corrected chi connectivity index (χ3v) is 8.68. The number of anilines is 1. The lowest BCUT2D eigenvalue weighted by Crippen LogP contribution is -2.40. The molecule has 1 fully saturated rings. The van der Waals surface area contributed by atoms with Gasteiger partial charge in [-0.1, -0.05) is 86.6 Å². The Bertz CT molecular complexity index is 1100. The second kappa shape index (κ2) is 13.7. The molecule has 5 nitrogen and oxygen atoms in total. The van der Waals surface area contributed by atoms with Crippen LogP contribution in [0.2, 0.25) is 10.0 Å². The molecule has 1 aliphatic carbocycles. The van der Waals surface area contributed by atoms with Gasteiger partial charge in [0, 0.05) is 23.7 Å². The molecule has 8 heteroatoms. The number of rotatable bonds is 10. The molecule has 1 aliphatic rings. The third-order valence-electron chi connectivity index (χ3n) is 6.92. The van der Waals surface area contributed by atoms with Crippen LogP contribution in [0.5, 0.6) is 0 Å². The number of amides is 2. The summed E-state index contributed by atoms with van der Waals surface area (Å²) in [6.45, 7) is 5.74. The smallest absolute Gasteiger partial charge is 0.230 e. The first-order valence-electron chi connectivity index (χ1n) is 12.9. The highest BCUT2D eigenvalue weighted by molar-refractivity contribution is 8.14. The van der Waals surface area contributed by atoms with Gasteiger partial charge in [0.2, 0.25) is 16.9 Å². The Labute approximate surface area is 234 Å². The molecule has 0 radical (unpaired) electrons. The van der Waals surface area contributed by atoms with Crippen LogP contribution >= 0.6 is 35.0 Å². The fourth-order valence-corrected chi connectivity index (χ4v) is 6.11. The van der Waals surface area contributed by atoms with Crippen molar-refractivity contribution in [3.63, 3.8) is 0 Å². The minimum absolute atomic E-state index is 0.0248. The standard InChI is InChI=1S/C29H36Cl2N2O3S/c1-19(2)12-15-29(13-8-5-9-14-29)28(36)33-24-17-22(30)23(31)18-26(24)37-27(35)25(32-20(3)34)16-21-10-6-4-7-11-21/h4,6-7,10-11,17-19,25H,5,8-9,12-16H2,1-3H3,(H,32,34)(H,33,36)/t25-/m0/s1. The van der Waals surface area contributed by atoms with E-state index >= 15 is 0 Å². The number of thioether (sulfide) groups is 1. The number of benzene rings is 2. The largest absolute Gasteiger partial charge is 0.345 e. The Morgan fingerprint density at radius 1 is 1.00 bits per heavy atom. The van der Waals surface area contributed by atoms with E-state index in [0.29, 0.717) is 33.0 Å². The zero-order chi connectivity index (χ0) is 27.0. The van der Waals surface area contributed by atoms with Crippen molar-refractivity contribution < 1.29 is 14.4 Å². The average molecular weight is 564 g/mol. The van der Waals surface area contributed by atoms with Crippen LogP contribution in [0.1, 0.15) is 71.3 Å². The van der Waals surface area contributed by atoms with E-state index in [1.807, 2.05) is 30.3 Å². The number of nitrogens with one attached hydrogen (secondary N) is 2. The fourth-order valence-electron chi connectivity index (χ4n) is 4.82. The number of hydrogen-bond acceptors (Lipinski definition) is 4. The number of carbonyl (C=O) groups excluding carboxylic acids is 3. The van der Waals surface area contributed by atoms with E-state index in [0.717, 1.165) is 62.3 Å². The zero-order valence-corrected chi connectivity index (χ0v) is 24.1. The van der Waals surface area contributed by atoms with Crippen molar-refractivity contribution in [2.75, 3.05) is 5.32 Å². The van der Waals surface area contributed by atoms with Crippen LogP contribution in [-0.2, 0) is 20.8 Å². The van der Waals surface area contributed by atoms with Crippen LogP contribution in [0.15, 0.2) is 47.4 Å². The monoisotopic (exact) mass is 562 g/mol. The summed E-state index contributed by atoms with van der Waals surface area (Å²) in [6.07, 6.45) is 7.09. The van der Waals surface area contributed by atoms with Gasteiger partial charge in [-0.3, -0.25) is 14.4 Å². The first-order chi connectivity index (χ1) is 17.6. The number of carbonyl (C=O) groups is 3. The van der Waals surface area contributed by atoms with E-state index in [9.17, 15) is 14.4 Å². The van der Waals surface area contributed by atoms with Gasteiger partial charge in [-0.2, -0.15) is 0 Å². The van der Waals surface area contributed by atoms with Crippen molar-refractivity contribution in [3.05, 3.63) is 58.1 Å². The van der Waals surface area contributed by atoms with Gasteiger partial charge in [-0.25, -0.2) is 0 Å². The molecule has 2 amide bonds. The zero-order valence-electron chi connectivity index (χ0n) is 21.7. The van der Waals surface area contributed by atoms with Crippen LogP contribution in [0.4, 0.5) is 5.69 Å². The summed E-state index contributed by atoms with van der Waals surface area (Å²) >= 11 is 13.6. The van der Waals surface area contributed by atoms with Crippen molar-refractivity contribution in [1.82, 2.24) is 5.32 Å². The third kappa shape index (κ3) is 8.49. The second-order valence-electron chi connectivity index (χ2n) is 10.4. The summed E-state index contributed by atoms with van der Waals surface area (Å²) < 4.78 is 0. The van der Waals surface area contributed by atoms with E-state index in [1.54, 1.807) is 12.1 Å². The molecule has 0 saturated heterocycles.